The first kappa shape index (κ1) is 21.1. The standard InChI is InChI=1S/C24H27NO6/c1-28-19-10-7-15(22(29-2)24(19)30-3)13-20-21(27)16-8-9-18(26)17(23(16)31-20)14-25-11-5-4-6-12-25/h7-10,13,26H,4-6,11-12,14H2,1-3H3. The Labute approximate surface area is 181 Å². The van der Waals surface area contributed by atoms with Crippen molar-refractivity contribution in [2.75, 3.05) is 34.4 Å². The third-order valence-electron chi connectivity index (χ3n) is 5.77. The number of methoxy groups -OCH3 is 3. The van der Waals surface area contributed by atoms with Gasteiger partial charge in [-0.2, -0.15) is 0 Å². The molecule has 0 spiro atoms. The van der Waals surface area contributed by atoms with Gasteiger partial charge in [0.15, 0.2) is 17.3 Å². The molecular formula is C24H27NO6. The molecule has 2 heterocycles. The van der Waals surface area contributed by atoms with Crippen molar-refractivity contribution in [3.63, 3.8) is 0 Å². The SMILES string of the molecule is COc1ccc(C=C2Oc3c(ccc(O)c3CN3CCCCC3)C2=O)c(OC)c1OC. The zero-order valence-electron chi connectivity index (χ0n) is 18.1. The Bertz CT molecular complexity index is 1020. The molecule has 31 heavy (non-hydrogen) atoms. The van der Waals surface area contributed by atoms with E-state index in [2.05, 4.69) is 4.90 Å². The van der Waals surface area contributed by atoms with Gasteiger partial charge in [-0.1, -0.05) is 6.42 Å². The van der Waals surface area contributed by atoms with Gasteiger partial charge in [-0.05, 0) is 56.3 Å². The van der Waals surface area contributed by atoms with E-state index in [1.54, 1.807) is 37.5 Å². The molecule has 4 rings (SSSR count). The Hall–Kier alpha value is -3.19. The number of fused-ring (bicyclic) bond motifs is 1. The number of phenolic OH excluding ortho intramolecular Hbond substituents is 1. The molecule has 7 heteroatoms. The number of likely N-dealkylation sites (tertiary alicyclic amines) is 1. The number of rotatable bonds is 6. The second-order valence-corrected chi connectivity index (χ2v) is 7.64. The molecule has 1 N–H and O–H groups in total. The quantitative estimate of drug-likeness (QED) is 0.701. The molecule has 164 valence electrons. The molecule has 2 aromatic carbocycles. The van der Waals surface area contributed by atoms with Gasteiger partial charge in [0.05, 0.1) is 32.5 Å². The molecule has 2 aromatic rings. The molecule has 2 aliphatic heterocycles. The second kappa shape index (κ2) is 8.89. The van der Waals surface area contributed by atoms with E-state index in [1.807, 2.05) is 0 Å². The highest BCUT2D eigenvalue weighted by molar-refractivity contribution is 6.15. The number of nitrogens with zero attached hydrogens (tertiary/aromatic N) is 1. The van der Waals surface area contributed by atoms with Gasteiger partial charge in [0.1, 0.15) is 11.5 Å². The van der Waals surface area contributed by atoms with E-state index in [1.165, 1.54) is 20.6 Å². The van der Waals surface area contributed by atoms with Crippen molar-refractivity contribution in [3.05, 3.63) is 46.7 Å². The summed E-state index contributed by atoms with van der Waals surface area (Å²) in [6.07, 6.45) is 5.13. The lowest BCUT2D eigenvalue weighted by molar-refractivity contribution is 0.101. The summed E-state index contributed by atoms with van der Waals surface area (Å²) in [5, 5.41) is 10.5. The minimum atomic E-state index is -0.230. The Morgan fingerprint density at radius 2 is 1.74 bits per heavy atom. The van der Waals surface area contributed by atoms with Gasteiger partial charge in [-0.3, -0.25) is 9.69 Å². The second-order valence-electron chi connectivity index (χ2n) is 7.64. The molecule has 0 aliphatic carbocycles. The van der Waals surface area contributed by atoms with E-state index in [9.17, 15) is 9.90 Å². The van der Waals surface area contributed by atoms with Crippen LogP contribution in [0.1, 0.15) is 40.7 Å². The van der Waals surface area contributed by atoms with E-state index in [0.29, 0.717) is 46.2 Å². The highest BCUT2D eigenvalue weighted by Crippen LogP contribution is 2.43. The maximum atomic E-state index is 13.0. The minimum absolute atomic E-state index is 0.141. The first-order chi connectivity index (χ1) is 15.1. The Balaban J connectivity index is 1.70. The van der Waals surface area contributed by atoms with Gasteiger partial charge in [0.25, 0.3) is 0 Å². The Morgan fingerprint density at radius 1 is 1.00 bits per heavy atom. The monoisotopic (exact) mass is 425 g/mol. The lowest BCUT2D eigenvalue weighted by Crippen LogP contribution is -2.29. The van der Waals surface area contributed by atoms with Crippen LogP contribution in [0.4, 0.5) is 0 Å². The molecule has 0 saturated carbocycles. The zero-order chi connectivity index (χ0) is 22.0. The van der Waals surface area contributed by atoms with E-state index in [-0.39, 0.29) is 17.3 Å². The molecule has 0 unspecified atom stereocenters. The van der Waals surface area contributed by atoms with Gasteiger partial charge in [-0.15, -0.1) is 0 Å². The third kappa shape index (κ3) is 3.93. The normalized spacial score (nSPS) is 17.4. The van der Waals surface area contributed by atoms with Gasteiger partial charge in [0, 0.05) is 12.1 Å². The lowest BCUT2D eigenvalue weighted by atomic mass is 10.0. The highest BCUT2D eigenvalue weighted by atomic mass is 16.5. The van der Waals surface area contributed by atoms with Crippen LogP contribution in [0.5, 0.6) is 28.7 Å². The van der Waals surface area contributed by atoms with Crippen LogP contribution in [0.2, 0.25) is 0 Å². The summed E-state index contributed by atoms with van der Waals surface area (Å²) >= 11 is 0. The predicted octanol–water partition coefficient (Wildman–Crippen LogP) is 4.02. The maximum Gasteiger partial charge on any atom is 0.231 e. The molecule has 0 amide bonds. The van der Waals surface area contributed by atoms with Crippen LogP contribution >= 0.6 is 0 Å². The molecule has 1 fully saturated rings. The number of hydrogen-bond acceptors (Lipinski definition) is 7. The van der Waals surface area contributed by atoms with Crippen molar-refractivity contribution < 1.29 is 28.8 Å². The fourth-order valence-corrected chi connectivity index (χ4v) is 4.17. The fourth-order valence-electron chi connectivity index (χ4n) is 4.17. The van der Waals surface area contributed by atoms with Crippen LogP contribution in [0.25, 0.3) is 6.08 Å². The molecule has 0 aromatic heterocycles. The Kier molecular flexibility index (Phi) is 6.04. The number of carbonyl (C=O) groups is 1. The third-order valence-corrected chi connectivity index (χ3v) is 5.77. The van der Waals surface area contributed by atoms with Gasteiger partial charge >= 0.3 is 0 Å². The van der Waals surface area contributed by atoms with Crippen molar-refractivity contribution in [2.45, 2.75) is 25.8 Å². The van der Waals surface area contributed by atoms with Crippen LogP contribution in [-0.2, 0) is 6.54 Å². The van der Waals surface area contributed by atoms with Crippen LogP contribution in [0, 0.1) is 0 Å². The topological polar surface area (TPSA) is 77.5 Å². The largest absolute Gasteiger partial charge is 0.507 e. The number of ketones is 1. The van der Waals surface area contributed by atoms with Crippen molar-refractivity contribution in [2.24, 2.45) is 0 Å². The lowest BCUT2D eigenvalue weighted by Gasteiger charge is -2.27. The number of Topliss-reactive ketones (excluding diaryl/α,β-unsaturated/α-hetero) is 1. The first-order valence-corrected chi connectivity index (χ1v) is 10.4. The van der Waals surface area contributed by atoms with E-state index in [0.717, 1.165) is 25.9 Å². The predicted molar refractivity (Wildman–Crippen MR) is 116 cm³/mol. The highest BCUT2D eigenvalue weighted by Gasteiger charge is 2.32. The van der Waals surface area contributed by atoms with Gasteiger partial charge < -0.3 is 24.1 Å². The van der Waals surface area contributed by atoms with E-state index in [4.69, 9.17) is 18.9 Å². The van der Waals surface area contributed by atoms with Crippen molar-refractivity contribution in [3.8, 4) is 28.7 Å². The number of phenols is 1. The van der Waals surface area contributed by atoms with Crippen LogP contribution < -0.4 is 18.9 Å². The molecule has 1 saturated heterocycles. The Morgan fingerprint density at radius 3 is 2.42 bits per heavy atom. The fraction of sp³-hybridized carbons (Fsp3) is 0.375. The molecule has 2 aliphatic rings. The zero-order valence-corrected chi connectivity index (χ0v) is 18.1. The summed E-state index contributed by atoms with van der Waals surface area (Å²) in [7, 11) is 4.60. The van der Waals surface area contributed by atoms with Crippen molar-refractivity contribution >= 4 is 11.9 Å². The van der Waals surface area contributed by atoms with Crippen LogP contribution in [0.3, 0.4) is 0 Å². The minimum Gasteiger partial charge on any atom is -0.507 e. The van der Waals surface area contributed by atoms with Crippen LogP contribution in [-0.4, -0.2) is 50.2 Å². The summed E-state index contributed by atoms with van der Waals surface area (Å²) in [6.45, 7) is 2.50. The number of hydrogen-bond donors (Lipinski definition) is 1. The molecular weight excluding hydrogens is 398 g/mol. The van der Waals surface area contributed by atoms with Crippen molar-refractivity contribution in [1.82, 2.24) is 4.90 Å². The maximum absolute atomic E-state index is 13.0. The smallest absolute Gasteiger partial charge is 0.231 e. The molecule has 7 nitrogen and oxygen atoms in total. The summed E-state index contributed by atoms with van der Waals surface area (Å²) in [4.78, 5) is 15.3. The van der Waals surface area contributed by atoms with E-state index < -0.39 is 0 Å². The molecule has 0 radical (unpaired) electrons. The first-order valence-electron chi connectivity index (χ1n) is 10.4. The van der Waals surface area contributed by atoms with Gasteiger partial charge in [0.2, 0.25) is 11.5 Å². The number of allylic oxidation sites excluding steroid dienone is 1. The van der Waals surface area contributed by atoms with Crippen molar-refractivity contribution in [1.29, 1.82) is 0 Å². The number of piperidine rings is 1. The average Bonchev–Trinajstić information content (AvgIpc) is 3.11. The number of benzene rings is 2. The van der Waals surface area contributed by atoms with Gasteiger partial charge in [-0.25, -0.2) is 0 Å². The molecule has 0 atom stereocenters. The summed E-state index contributed by atoms with van der Waals surface area (Å²) in [5.74, 6) is 1.92. The summed E-state index contributed by atoms with van der Waals surface area (Å²) in [5.41, 5.74) is 1.73. The number of ether oxygens (including phenoxy) is 4. The molecule has 0 bridgehead atoms. The summed E-state index contributed by atoms with van der Waals surface area (Å²) < 4.78 is 22.3. The average molecular weight is 425 g/mol. The van der Waals surface area contributed by atoms with Crippen LogP contribution in [0.15, 0.2) is 30.0 Å². The summed E-state index contributed by atoms with van der Waals surface area (Å²) in [6, 6.07) is 6.70. The van der Waals surface area contributed by atoms with E-state index >= 15 is 0 Å². The number of aromatic hydroxyl groups is 1. The number of carbonyl (C=O) groups excluding carboxylic acids is 1.